The summed E-state index contributed by atoms with van der Waals surface area (Å²) in [4.78, 5) is 13.4. The maximum Gasteiger partial charge on any atom is 0.220 e. The molecule has 0 spiro atoms. The summed E-state index contributed by atoms with van der Waals surface area (Å²) < 4.78 is 34.3. The number of carbonyl (C=O) groups excluding carboxylic acids is 1. The van der Waals surface area contributed by atoms with Crippen LogP contribution in [0.4, 0.5) is 0 Å². The Hall–Kier alpha value is -4.33. The van der Waals surface area contributed by atoms with E-state index in [0.717, 1.165) is 116 Å². The van der Waals surface area contributed by atoms with E-state index < -0.39 is 124 Å². The number of hydrogen-bond donors (Lipinski definition) is 12. The molecule has 0 saturated carbocycles. The maximum atomic E-state index is 13.4. The molecule has 0 aromatic heterocycles. The van der Waals surface area contributed by atoms with Gasteiger partial charge in [0.05, 0.1) is 38.6 Å². The highest BCUT2D eigenvalue weighted by atomic mass is 16.8. The molecule has 3 aliphatic heterocycles. The second kappa shape index (κ2) is 59.1. The first-order chi connectivity index (χ1) is 48.3. The van der Waals surface area contributed by atoms with Gasteiger partial charge in [0.2, 0.25) is 5.91 Å². The molecule has 0 bridgehead atoms. The Morgan fingerprint density at radius 1 is 0.374 bits per heavy atom. The van der Waals surface area contributed by atoms with Crippen LogP contribution in [0, 0.1) is 0 Å². The minimum atomic E-state index is -1.99. The lowest BCUT2D eigenvalue weighted by Crippen LogP contribution is -2.66. The number of nitrogens with one attached hydrogen (secondary N) is 1. The normalized spacial score (nSPS) is 27.5. The number of carbonyl (C=O) groups is 1. The van der Waals surface area contributed by atoms with Crippen molar-refractivity contribution in [2.24, 2.45) is 0 Å². The summed E-state index contributed by atoms with van der Waals surface area (Å²) in [6, 6.07) is -1.00. The van der Waals surface area contributed by atoms with E-state index in [2.05, 4.69) is 153 Å². The SMILES string of the molecule is CC/C=C\C/C=C\C/C=C\C/C=C\C/C=C\C/C=C\C/C=C\C/C=C\C/C=C\C/C=C\CCCCCCCCCCCCC(=O)NC(COC1OC(CO)C(OC2OC(CO)C(OC3OC(CO)C(O)C(O)C3O)C(O)C2O)C(O)C1O)C(O)/C=C/CC/C=C/CCCCCCCCC. The molecule has 12 N–H and O–H groups in total. The van der Waals surface area contributed by atoms with E-state index in [1.807, 2.05) is 6.08 Å². The molecule has 0 aliphatic carbocycles. The van der Waals surface area contributed by atoms with Gasteiger partial charge in [-0.1, -0.05) is 250 Å². The van der Waals surface area contributed by atoms with E-state index in [-0.39, 0.29) is 18.9 Å². The largest absolute Gasteiger partial charge is 0.394 e. The van der Waals surface area contributed by atoms with Crippen molar-refractivity contribution in [2.75, 3.05) is 26.4 Å². The standard InChI is InChI=1S/C80H131NO18/c1-3-5-7-9-11-13-15-17-18-19-20-21-22-23-24-25-26-27-28-29-30-31-32-33-34-35-36-37-38-39-40-41-42-43-44-46-48-50-52-54-56-58-68(86)81-63(64(85)57-55-53-51-49-47-45-16-14-12-10-8-6-4-2)62-94-78-74(92)71(89)76(66(60-83)96-78)99-80-75(93)72(90)77(67(61-84)97-80)98-79-73(91)70(88)69(87)65(59-82)95-79/h5,7,11,13,17-18,20-21,23-24,26-27,29-30,32-33,35-36,38-39,47,49,55,57,63-67,69-80,82-85,87-93H,3-4,6,8-10,12,14-16,19,22,25,28,31,34,37,40-46,48,50-54,56,58-62H2,1-2H3,(H,81,86)/b7-5-,13-11-,18-17-,21-20-,24-23-,27-26-,30-29-,33-32-,36-35-,39-38-,49-47+,57-55+. The van der Waals surface area contributed by atoms with Gasteiger partial charge in [-0.15, -0.1) is 0 Å². The van der Waals surface area contributed by atoms with Crippen LogP contribution >= 0.6 is 0 Å². The van der Waals surface area contributed by atoms with Gasteiger partial charge in [0.25, 0.3) is 0 Å². The highest BCUT2D eigenvalue weighted by Crippen LogP contribution is 2.33. The van der Waals surface area contributed by atoms with E-state index in [1.165, 1.54) is 70.6 Å². The van der Waals surface area contributed by atoms with Gasteiger partial charge < -0.3 is 89.9 Å². The number of unbranched alkanes of at least 4 members (excludes halogenated alkanes) is 18. The van der Waals surface area contributed by atoms with Crippen LogP contribution in [0.5, 0.6) is 0 Å². The van der Waals surface area contributed by atoms with E-state index in [9.17, 15) is 61.0 Å². The maximum absolute atomic E-state index is 13.4. The minimum Gasteiger partial charge on any atom is -0.394 e. The molecule has 3 rings (SSSR count). The van der Waals surface area contributed by atoms with Gasteiger partial charge in [-0.25, -0.2) is 0 Å². The molecule has 3 heterocycles. The van der Waals surface area contributed by atoms with Crippen molar-refractivity contribution < 1.29 is 89.4 Å². The predicted molar refractivity (Wildman–Crippen MR) is 392 cm³/mol. The second-order valence-electron chi connectivity index (χ2n) is 26.0. The van der Waals surface area contributed by atoms with E-state index in [4.69, 9.17) is 28.4 Å². The third-order valence-electron chi connectivity index (χ3n) is 17.6. The Kier molecular flexibility index (Phi) is 53.1. The molecular weight excluding hydrogens is 1260 g/mol. The monoisotopic (exact) mass is 1390 g/mol. The Morgan fingerprint density at radius 3 is 1.13 bits per heavy atom. The molecule has 3 saturated heterocycles. The highest BCUT2D eigenvalue weighted by Gasteiger charge is 2.53. The number of rotatable bonds is 56. The highest BCUT2D eigenvalue weighted by molar-refractivity contribution is 5.76. The molecule has 19 heteroatoms. The van der Waals surface area contributed by atoms with Crippen molar-refractivity contribution >= 4 is 5.91 Å². The summed E-state index contributed by atoms with van der Waals surface area (Å²) >= 11 is 0. The summed E-state index contributed by atoms with van der Waals surface area (Å²) in [7, 11) is 0. The fourth-order valence-corrected chi connectivity index (χ4v) is 11.6. The molecule has 17 atom stereocenters. The number of ether oxygens (including phenoxy) is 6. The van der Waals surface area contributed by atoms with Gasteiger partial charge in [0.15, 0.2) is 18.9 Å². The third-order valence-corrected chi connectivity index (χ3v) is 17.6. The molecular formula is C80H131NO18. The topological polar surface area (TPSA) is 307 Å². The molecule has 17 unspecified atom stereocenters. The van der Waals surface area contributed by atoms with Gasteiger partial charge >= 0.3 is 0 Å². The quantitative estimate of drug-likeness (QED) is 0.0199. The van der Waals surface area contributed by atoms with Gasteiger partial charge in [-0.3, -0.25) is 4.79 Å². The minimum absolute atomic E-state index is 0.221. The number of hydrogen-bond acceptors (Lipinski definition) is 18. The van der Waals surface area contributed by atoms with Crippen molar-refractivity contribution in [3.05, 3.63) is 146 Å². The summed E-state index contributed by atoms with van der Waals surface area (Å²) in [6.45, 7) is 1.56. The Balaban J connectivity index is 1.33. The third kappa shape index (κ3) is 39.8. The fourth-order valence-electron chi connectivity index (χ4n) is 11.6. The molecule has 3 aliphatic rings. The van der Waals surface area contributed by atoms with E-state index in [0.29, 0.717) is 12.8 Å². The number of amides is 1. The lowest BCUT2D eigenvalue weighted by Gasteiger charge is -2.48. The van der Waals surface area contributed by atoms with Crippen LogP contribution in [0.25, 0.3) is 0 Å². The van der Waals surface area contributed by atoms with Crippen LogP contribution in [-0.2, 0) is 33.2 Å². The van der Waals surface area contributed by atoms with Gasteiger partial charge in [-0.05, 0) is 109 Å². The lowest BCUT2D eigenvalue weighted by molar-refractivity contribution is -0.379. The van der Waals surface area contributed by atoms with Crippen LogP contribution in [-0.4, -0.2) is 193 Å². The van der Waals surface area contributed by atoms with Gasteiger partial charge in [-0.2, -0.15) is 0 Å². The summed E-state index contributed by atoms with van der Waals surface area (Å²) in [5.74, 6) is -0.297. The zero-order valence-corrected chi connectivity index (χ0v) is 59.9. The van der Waals surface area contributed by atoms with Crippen molar-refractivity contribution in [3.8, 4) is 0 Å². The molecule has 19 nitrogen and oxygen atoms in total. The first-order valence-electron chi connectivity index (χ1n) is 37.6. The fraction of sp³-hybridized carbons (Fsp3) is 0.688. The smallest absolute Gasteiger partial charge is 0.220 e. The molecule has 0 aromatic rings. The molecule has 99 heavy (non-hydrogen) atoms. The van der Waals surface area contributed by atoms with E-state index in [1.54, 1.807) is 6.08 Å². The summed E-state index contributed by atoms with van der Waals surface area (Å²) in [5.41, 5.74) is 0. The van der Waals surface area contributed by atoms with Crippen LogP contribution in [0.15, 0.2) is 146 Å². The summed E-state index contributed by atoms with van der Waals surface area (Å²) in [5, 5.41) is 120. The van der Waals surface area contributed by atoms with Crippen LogP contribution in [0.1, 0.15) is 219 Å². The molecule has 0 radical (unpaired) electrons. The molecule has 3 fully saturated rings. The van der Waals surface area contributed by atoms with Crippen molar-refractivity contribution in [2.45, 2.75) is 324 Å². The average Bonchev–Trinajstić information content (AvgIpc) is 0.785. The number of aliphatic hydroxyl groups is 11. The average molecular weight is 1390 g/mol. The van der Waals surface area contributed by atoms with Crippen molar-refractivity contribution in [1.82, 2.24) is 5.32 Å². The van der Waals surface area contributed by atoms with Gasteiger partial charge in [0.1, 0.15) is 73.2 Å². The predicted octanol–water partition coefficient (Wildman–Crippen LogP) is 11.5. The van der Waals surface area contributed by atoms with Crippen LogP contribution < -0.4 is 5.32 Å². The zero-order chi connectivity index (χ0) is 71.8. The number of aliphatic hydroxyl groups excluding tert-OH is 11. The first kappa shape index (κ1) is 88.9. The van der Waals surface area contributed by atoms with Gasteiger partial charge in [0, 0.05) is 6.42 Å². The summed E-state index contributed by atoms with van der Waals surface area (Å²) in [6.07, 6.45) is 58.4. The molecule has 564 valence electrons. The Morgan fingerprint density at radius 2 is 0.707 bits per heavy atom. The van der Waals surface area contributed by atoms with E-state index >= 15 is 0 Å². The molecule has 0 aromatic carbocycles. The van der Waals surface area contributed by atoms with Crippen molar-refractivity contribution in [1.29, 1.82) is 0 Å². The zero-order valence-electron chi connectivity index (χ0n) is 59.9. The second-order valence-corrected chi connectivity index (χ2v) is 26.0. The van der Waals surface area contributed by atoms with Crippen molar-refractivity contribution in [3.63, 3.8) is 0 Å². The Labute approximate surface area is 593 Å². The number of allylic oxidation sites excluding steroid dienone is 23. The van der Waals surface area contributed by atoms with Crippen LogP contribution in [0.2, 0.25) is 0 Å². The molecule has 1 amide bonds. The first-order valence-corrected chi connectivity index (χ1v) is 37.6. The lowest BCUT2D eigenvalue weighted by atomic mass is 9.96. The Bertz CT molecular complexity index is 2360. The van der Waals surface area contributed by atoms with Crippen LogP contribution in [0.3, 0.4) is 0 Å².